The van der Waals surface area contributed by atoms with Gasteiger partial charge in [0.1, 0.15) is 16.9 Å². The molecular weight excluding hydrogens is 213 g/mol. The van der Waals surface area contributed by atoms with Crippen LogP contribution in [-0.2, 0) is 6.18 Å². The standard InChI is InChI=1S/C8H5F3N2O2/c1-4-2-5(12-14)7(8(9,10)11)6(3-4)13-15/h2-3H,1H3. The molecule has 0 heterocycles. The summed E-state index contributed by atoms with van der Waals surface area (Å²) in [5.74, 6) is 0. The van der Waals surface area contributed by atoms with Gasteiger partial charge in [-0.1, -0.05) is 0 Å². The van der Waals surface area contributed by atoms with Crippen molar-refractivity contribution in [3.8, 4) is 0 Å². The second kappa shape index (κ2) is 3.76. The predicted molar refractivity (Wildman–Crippen MR) is 47.1 cm³/mol. The molecule has 0 saturated carbocycles. The average Bonchev–Trinajstić information content (AvgIpc) is 2.14. The lowest BCUT2D eigenvalue weighted by Crippen LogP contribution is -2.06. The Morgan fingerprint density at radius 1 is 1.07 bits per heavy atom. The first-order valence-corrected chi connectivity index (χ1v) is 3.78. The zero-order valence-corrected chi connectivity index (χ0v) is 7.50. The number of rotatable bonds is 2. The molecule has 0 aliphatic rings. The fourth-order valence-electron chi connectivity index (χ4n) is 1.18. The van der Waals surface area contributed by atoms with Gasteiger partial charge < -0.3 is 0 Å². The zero-order chi connectivity index (χ0) is 11.6. The third kappa shape index (κ3) is 2.17. The van der Waals surface area contributed by atoms with E-state index in [1.807, 2.05) is 0 Å². The van der Waals surface area contributed by atoms with Crippen molar-refractivity contribution >= 4 is 11.4 Å². The largest absolute Gasteiger partial charge is 0.420 e. The van der Waals surface area contributed by atoms with E-state index in [0.717, 1.165) is 12.1 Å². The number of hydrogen-bond acceptors (Lipinski definition) is 4. The number of nitrogens with zero attached hydrogens (tertiary/aromatic N) is 2. The van der Waals surface area contributed by atoms with E-state index in [4.69, 9.17) is 0 Å². The third-order valence-corrected chi connectivity index (χ3v) is 1.72. The molecule has 0 atom stereocenters. The summed E-state index contributed by atoms with van der Waals surface area (Å²) < 4.78 is 37.3. The lowest BCUT2D eigenvalue weighted by atomic mass is 10.1. The highest BCUT2D eigenvalue weighted by molar-refractivity contribution is 5.63. The summed E-state index contributed by atoms with van der Waals surface area (Å²) in [6, 6.07) is 1.90. The van der Waals surface area contributed by atoms with Crippen molar-refractivity contribution in [2.75, 3.05) is 0 Å². The molecule has 0 radical (unpaired) electrons. The number of alkyl halides is 3. The van der Waals surface area contributed by atoms with Gasteiger partial charge in [0.05, 0.1) is 0 Å². The average molecular weight is 218 g/mol. The lowest BCUT2D eigenvalue weighted by Gasteiger charge is -2.10. The molecule has 0 fully saturated rings. The lowest BCUT2D eigenvalue weighted by molar-refractivity contribution is -0.136. The quantitative estimate of drug-likeness (QED) is 0.708. The summed E-state index contributed by atoms with van der Waals surface area (Å²) in [6.45, 7) is 1.43. The Hall–Kier alpha value is -1.79. The summed E-state index contributed by atoms with van der Waals surface area (Å²) in [5.41, 5.74) is -2.72. The Labute approximate surface area is 82.0 Å². The van der Waals surface area contributed by atoms with E-state index in [2.05, 4.69) is 10.4 Å². The molecule has 1 aromatic carbocycles. The highest BCUT2D eigenvalue weighted by Gasteiger charge is 2.38. The smallest absolute Gasteiger partial charge is 0.166 e. The predicted octanol–water partition coefficient (Wildman–Crippen LogP) is 3.81. The first-order chi connectivity index (χ1) is 6.90. The zero-order valence-electron chi connectivity index (χ0n) is 7.50. The van der Waals surface area contributed by atoms with E-state index in [-0.39, 0.29) is 0 Å². The van der Waals surface area contributed by atoms with Crippen LogP contribution in [0.15, 0.2) is 22.5 Å². The highest BCUT2D eigenvalue weighted by Crippen LogP contribution is 2.43. The summed E-state index contributed by atoms with van der Waals surface area (Å²) in [4.78, 5) is 20.4. The van der Waals surface area contributed by atoms with E-state index in [0.29, 0.717) is 5.56 Å². The fourth-order valence-corrected chi connectivity index (χ4v) is 1.18. The molecule has 0 aromatic heterocycles. The Kier molecular flexibility index (Phi) is 2.83. The van der Waals surface area contributed by atoms with E-state index in [9.17, 15) is 23.0 Å². The SMILES string of the molecule is Cc1cc(N=O)c(C(F)(F)F)c(N=O)c1. The van der Waals surface area contributed by atoms with Gasteiger partial charge in [0, 0.05) is 0 Å². The van der Waals surface area contributed by atoms with Crippen molar-refractivity contribution in [2.24, 2.45) is 10.4 Å². The maximum atomic E-state index is 12.4. The highest BCUT2D eigenvalue weighted by atomic mass is 19.4. The number of nitroso groups, excluding NO2 is 2. The van der Waals surface area contributed by atoms with Gasteiger partial charge in [0.15, 0.2) is 0 Å². The molecule has 4 nitrogen and oxygen atoms in total. The maximum absolute atomic E-state index is 12.4. The molecule has 1 aromatic rings. The van der Waals surface area contributed by atoms with Crippen molar-refractivity contribution in [3.63, 3.8) is 0 Å². The molecule has 0 saturated heterocycles. The van der Waals surface area contributed by atoms with Gasteiger partial charge >= 0.3 is 6.18 Å². The van der Waals surface area contributed by atoms with Crippen LogP contribution in [0.1, 0.15) is 11.1 Å². The van der Waals surface area contributed by atoms with E-state index >= 15 is 0 Å². The van der Waals surface area contributed by atoms with Crippen molar-refractivity contribution in [1.29, 1.82) is 0 Å². The van der Waals surface area contributed by atoms with Crippen LogP contribution < -0.4 is 0 Å². The summed E-state index contributed by atoms with van der Waals surface area (Å²) in [5, 5.41) is 4.48. The Morgan fingerprint density at radius 3 is 1.73 bits per heavy atom. The third-order valence-electron chi connectivity index (χ3n) is 1.72. The summed E-state index contributed by atoms with van der Waals surface area (Å²) in [6.07, 6.45) is -4.82. The Balaban J connectivity index is 3.58. The Bertz CT molecular complexity index is 386. The molecule has 0 spiro atoms. The van der Waals surface area contributed by atoms with Gasteiger partial charge in [0.25, 0.3) is 0 Å². The monoisotopic (exact) mass is 218 g/mol. The number of halogens is 3. The van der Waals surface area contributed by atoms with Crippen LogP contribution in [0.2, 0.25) is 0 Å². The second-order valence-electron chi connectivity index (χ2n) is 2.86. The minimum atomic E-state index is -4.82. The molecule has 0 aliphatic carbocycles. The molecule has 1 rings (SSSR count). The molecule has 0 N–H and O–H groups in total. The molecule has 0 aliphatic heterocycles. The minimum Gasteiger partial charge on any atom is -0.166 e. The van der Waals surface area contributed by atoms with Crippen molar-refractivity contribution < 1.29 is 13.2 Å². The first kappa shape index (κ1) is 11.3. The minimum absolute atomic E-state index is 0.312. The maximum Gasteiger partial charge on any atom is 0.420 e. The normalized spacial score (nSPS) is 11.2. The van der Waals surface area contributed by atoms with Crippen molar-refractivity contribution in [3.05, 3.63) is 33.1 Å². The van der Waals surface area contributed by atoms with Gasteiger partial charge in [-0.25, -0.2) is 0 Å². The fraction of sp³-hybridized carbons (Fsp3) is 0.250. The Morgan fingerprint density at radius 2 is 1.47 bits per heavy atom. The van der Waals surface area contributed by atoms with Crippen LogP contribution in [0, 0.1) is 16.7 Å². The van der Waals surface area contributed by atoms with Crippen LogP contribution in [0.3, 0.4) is 0 Å². The number of aryl methyl sites for hydroxylation is 1. The second-order valence-corrected chi connectivity index (χ2v) is 2.86. The summed E-state index contributed by atoms with van der Waals surface area (Å²) >= 11 is 0. The number of benzene rings is 1. The molecule has 80 valence electrons. The van der Waals surface area contributed by atoms with Crippen molar-refractivity contribution in [1.82, 2.24) is 0 Å². The van der Waals surface area contributed by atoms with Gasteiger partial charge in [-0.2, -0.15) is 13.2 Å². The van der Waals surface area contributed by atoms with E-state index < -0.39 is 23.1 Å². The first-order valence-electron chi connectivity index (χ1n) is 3.78. The van der Waals surface area contributed by atoms with Crippen LogP contribution in [0.25, 0.3) is 0 Å². The molecule has 7 heteroatoms. The van der Waals surface area contributed by atoms with Crippen LogP contribution in [-0.4, -0.2) is 0 Å². The van der Waals surface area contributed by atoms with Gasteiger partial charge in [0.2, 0.25) is 0 Å². The summed E-state index contributed by atoms with van der Waals surface area (Å²) in [7, 11) is 0. The molecule has 0 bridgehead atoms. The molecular formula is C8H5F3N2O2. The number of hydrogen-bond donors (Lipinski definition) is 0. The van der Waals surface area contributed by atoms with Gasteiger partial charge in [-0.15, -0.1) is 9.81 Å². The van der Waals surface area contributed by atoms with E-state index in [1.165, 1.54) is 6.92 Å². The van der Waals surface area contributed by atoms with Crippen LogP contribution in [0.5, 0.6) is 0 Å². The molecule has 0 unspecified atom stereocenters. The van der Waals surface area contributed by atoms with Crippen LogP contribution >= 0.6 is 0 Å². The molecule has 15 heavy (non-hydrogen) atoms. The van der Waals surface area contributed by atoms with E-state index in [1.54, 1.807) is 0 Å². The molecule has 0 amide bonds. The van der Waals surface area contributed by atoms with Gasteiger partial charge in [-0.05, 0) is 35.0 Å². The van der Waals surface area contributed by atoms with Crippen LogP contribution in [0.4, 0.5) is 24.5 Å². The van der Waals surface area contributed by atoms with Gasteiger partial charge in [-0.3, -0.25) is 0 Å². The topological polar surface area (TPSA) is 58.9 Å². The van der Waals surface area contributed by atoms with Crippen molar-refractivity contribution in [2.45, 2.75) is 13.1 Å².